The fourth-order valence-corrected chi connectivity index (χ4v) is 2.74. The Hall–Kier alpha value is -3.53. The second kappa shape index (κ2) is 18.1. The van der Waals surface area contributed by atoms with E-state index < -0.39 is 10.2 Å². The van der Waals surface area contributed by atoms with Crippen LogP contribution in [0.4, 0.5) is 0 Å². The van der Waals surface area contributed by atoms with Gasteiger partial charge in [0.05, 0.1) is 39.7 Å². The van der Waals surface area contributed by atoms with Gasteiger partial charge in [-0.3, -0.25) is 20.0 Å². The molecule has 1 fully saturated rings. The summed E-state index contributed by atoms with van der Waals surface area (Å²) in [6.07, 6.45) is 8.89. The number of hydrogen-bond donors (Lipinski definition) is 1. The van der Waals surface area contributed by atoms with Crippen molar-refractivity contribution in [3.63, 3.8) is 0 Å². The van der Waals surface area contributed by atoms with E-state index in [2.05, 4.69) is 20.0 Å². The maximum atomic E-state index is 10.1. The molecule has 1 unspecified atom stereocenters. The summed E-state index contributed by atoms with van der Waals surface area (Å²) in [7, 11) is 0. The first kappa shape index (κ1) is 31.7. The average Bonchev–Trinajstić information content (AvgIpc) is 2.71. The molecule has 0 aliphatic heterocycles. The summed E-state index contributed by atoms with van der Waals surface area (Å²) in [5.41, 5.74) is 1.67. The molecule has 0 spiro atoms. The van der Waals surface area contributed by atoms with Crippen LogP contribution in [0.1, 0.15) is 30.7 Å². The monoisotopic (exact) mass is 510 g/mol. The molecule has 15 heteroatoms. The molecule has 2 heterocycles. The topological polar surface area (TPSA) is 236 Å². The third kappa shape index (κ3) is 16.8. The van der Waals surface area contributed by atoms with Crippen molar-refractivity contribution in [1.29, 1.82) is 0 Å². The van der Waals surface area contributed by atoms with Crippen molar-refractivity contribution in [2.24, 2.45) is 9.98 Å². The number of nitrogens with zero attached hydrogens (tertiary/aromatic N) is 6. The molecular weight excluding hydrogens is 487 g/mol. The largest absolute Gasteiger partial charge is 2.00 e. The number of hydrogen-bond acceptors (Lipinski definition) is 11. The van der Waals surface area contributed by atoms with Gasteiger partial charge in [-0.2, -0.15) is 0 Å². The zero-order valence-corrected chi connectivity index (χ0v) is 18.2. The molecule has 1 aliphatic rings. The Labute approximate surface area is 198 Å². The molecule has 3 atom stereocenters. The summed E-state index contributed by atoms with van der Waals surface area (Å²) < 4.78 is 0. The minimum Gasteiger partial charge on any atom is -0.457 e. The van der Waals surface area contributed by atoms with Gasteiger partial charge in [-0.05, 0) is 43.5 Å². The third-order valence-electron chi connectivity index (χ3n) is 3.84. The van der Waals surface area contributed by atoms with Crippen molar-refractivity contribution < 1.29 is 37.5 Å². The van der Waals surface area contributed by atoms with Crippen molar-refractivity contribution in [2.75, 3.05) is 0 Å². The van der Waals surface area contributed by atoms with E-state index in [1.54, 1.807) is 24.8 Å². The maximum Gasteiger partial charge on any atom is 2.00 e. The summed E-state index contributed by atoms with van der Waals surface area (Å²) in [6.45, 7) is 0. The minimum atomic E-state index is -1.75. The first-order valence-corrected chi connectivity index (χ1v) is 8.95. The van der Waals surface area contributed by atoms with E-state index in [4.69, 9.17) is 30.6 Å². The predicted octanol–water partition coefficient (Wildman–Crippen LogP) is 0.894. The van der Waals surface area contributed by atoms with Crippen LogP contribution in [0.5, 0.6) is 0 Å². The molecule has 1 radical (unpaired) electrons. The Kier molecular flexibility index (Phi) is 17.3. The molecule has 1 saturated carbocycles. The number of rotatable bonds is 4. The second-order valence-electron chi connectivity index (χ2n) is 6.18. The molecule has 14 nitrogen and oxygen atoms in total. The molecule has 3 rings (SSSR count). The van der Waals surface area contributed by atoms with E-state index >= 15 is 0 Å². The van der Waals surface area contributed by atoms with Crippen LogP contribution < -0.4 is 0 Å². The normalized spacial score (nSPS) is 19.0. The third-order valence-corrected chi connectivity index (χ3v) is 3.84. The van der Waals surface area contributed by atoms with Crippen molar-refractivity contribution >= 4 is 12.4 Å². The van der Waals surface area contributed by atoms with Crippen LogP contribution in [0.15, 0.2) is 58.8 Å². The molecule has 1 aliphatic carbocycles. The zero-order chi connectivity index (χ0) is 23.1. The minimum absolute atomic E-state index is 0. The Morgan fingerprint density at radius 1 is 0.818 bits per heavy atom. The van der Waals surface area contributed by atoms with Crippen LogP contribution in [-0.2, 0) is 22.3 Å². The molecule has 0 bridgehead atoms. The van der Waals surface area contributed by atoms with Crippen LogP contribution in [-0.4, -0.2) is 55.9 Å². The fourth-order valence-electron chi connectivity index (χ4n) is 2.74. The number of aliphatic imine (C=N–C) groups is 2. The van der Waals surface area contributed by atoms with Gasteiger partial charge in [0.25, 0.3) is 0 Å². The Balaban J connectivity index is 0. The van der Waals surface area contributed by atoms with E-state index in [-0.39, 0.29) is 40.4 Å². The van der Waals surface area contributed by atoms with Crippen LogP contribution in [0.2, 0.25) is 0 Å². The molecule has 2 aromatic rings. The van der Waals surface area contributed by atoms with E-state index in [0.29, 0.717) is 12.8 Å². The molecule has 0 saturated heterocycles. The molecule has 181 valence electrons. The predicted molar refractivity (Wildman–Crippen MR) is 117 cm³/mol. The van der Waals surface area contributed by atoms with Crippen molar-refractivity contribution in [3.05, 3.63) is 90.8 Å². The van der Waals surface area contributed by atoms with E-state index in [0.717, 1.165) is 17.8 Å². The summed E-state index contributed by atoms with van der Waals surface area (Å²) >= 11 is 0. The van der Waals surface area contributed by atoms with Gasteiger partial charge in [-0.1, -0.05) is 12.1 Å². The summed E-state index contributed by atoms with van der Waals surface area (Å²) in [5, 5.41) is 39.6. The van der Waals surface area contributed by atoms with E-state index in [1.165, 1.54) is 0 Å². The van der Waals surface area contributed by atoms with Gasteiger partial charge in [0.15, 0.2) is 0 Å². The van der Waals surface area contributed by atoms with Gasteiger partial charge in [0, 0.05) is 24.8 Å². The van der Waals surface area contributed by atoms with Gasteiger partial charge >= 0.3 is 16.8 Å². The summed E-state index contributed by atoms with van der Waals surface area (Å²) in [4.78, 5) is 34.1. The Morgan fingerprint density at radius 2 is 1.18 bits per heavy atom. The van der Waals surface area contributed by atoms with Crippen LogP contribution in [0, 0.1) is 30.6 Å². The van der Waals surface area contributed by atoms with Crippen molar-refractivity contribution in [2.45, 2.75) is 37.5 Å². The zero-order valence-electron chi connectivity index (χ0n) is 17.1. The number of pyridine rings is 2. The molecule has 0 amide bonds. The molecule has 4 N–H and O–H groups in total. The fraction of sp³-hybridized carbons (Fsp3) is 0.333. The van der Waals surface area contributed by atoms with E-state index in [9.17, 15) is 5.11 Å². The molecular formula is C18H23CoN6O8+. The van der Waals surface area contributed by atoms with Gasteiger partial charge in [-0.25, -0.2) is 0 Å². The number of aliphatic hydroxyl groups is 1. The summed E-state index contributed by atoms with van der Waals surface area (Å²) in [6, 6.07) is 11.6. The Morgan fingerprint density at radius 3 is 1.48 bits per heavy atom. The first-order valence-electron chi connectivity index (χ1n) is 8.95. The van der Waals surface area contributed by atoms with Gasteiger partial charge in [-0.15, -0.1) is 0 Å². The average molecular weight is 510 g/mol. The number of aromatic nitrogens is 2. The number of aliphatic hydroxyl groups excluding tert-OH is 1. The van der Waals surface area contributed by atoms with Crippen LogP contribution in [0.25, 0.3) is 0 Å². The van der Waals surface area contributed by atoms with E-state index in [1.807, 2.05) is 36.4 Å². The van der Waals surface area contributed by atoms with Gasteiger partial charge < -0.3 is 41.2 Å². The second-order valence-corrected chi connectivity index (χ2v) is 6.18. The maximum absolute atomic E-state index is 10.1. The van der Waals surface area contributed by atoms with Crippen molar-refractivity contribution in [1.82, 2.24) is 9.97 Å². The smallest absolute Gasteiger partial charge is 0.457 e. The van der Waals surface area contributed by atoms with Gasteiger partial charge in [0.2, 0.25) is 0 Å². The quantitative estimate of drug-likeness (QED) is 0.265. The Bertz CT molecular complexity index is 782. The molecule has 33 heavy (non-hydrogen) atoms. The SMILES string of the molecule is O=[N+]([O-])[O-].O=[N+]([O-])[O-].OC1C[C@@H](N=Cc2ccccn2)C[C@@H](N=Cc2ccccn2)C1.[Co+2].[OH3+]. The standard InChI is InChI=1S/C18H20N4O.Co.2NO3.H2O/c23-18-10-16(21-12-14-5-1-3-7-19-14)9-17(11-18)22-13-15-6-2-4-8-20-15;;2*2-1(3)4;/h1-8,12-13,16-18,23H,9-11H2;;;;1H2/q;+2;2*-1;/p+1/t16-,17+,18?;;;;. The van der Waals surface area contributed by atoms with Crippen molar-refractivity contribution in [3.8, 4) is 0 Å². The molecule has 2 aromatic heterocycles. The first-order chi connectivity index (χ1) is 14.8. The van der Waals surface area contributed by atoms with Gasteiger partial charge in [0.1, 0.15) is 0 Å². The van der Waals surface area contributed by atoms with Crippen LogP contribution >= 0.6 is 0 Å². The molecule has 0 aromatic carbocycles. The van der Waals surface area contributed by atoms with Crippen LogP contribution in [0.3, 0.4) is 0 Å². The summed E-state index contributed by atoms with van der Waals surface area (Å²) in [5.74, 6) is 0.